The zero-order valence-corrected chi connectivity index (χ0v) is 20.7. The molecule has 0 unspecified atom stereocenters. The van der Waals surface area contributed by atoms with Crippen LogP contribution in [0.4, 0.5) is 5.69 Å². The highest BCUT2D eigenvalue weighted by Gasteiger charge is 2.17. The quantitative estimate of drug-likeness (QED) is 0.383. The lowest BCUT2D eigenvalue weighted by Crippen LogP contribution is -2.31. The lowest BCUT2D eigenvalue weighted by atomic mass is 10.1. The number of hydrogen-bond donors (Lipinski definition) is 1. The second-order valence-corrected chi connectivity index (χ2v) is 8.24. The minimum absolute atomic E-state index is 0.0911. The van der Waals surface area contributed by atoms with Gasteiger partial charge in [-0.25, -0.2) is 4.98 Å². The van der Waals surface area contributed by atoms with E-state index in [1.54, 1.807) is 48.8 Å². The summed E-state index contributed by atoms with van der Waals surface area (Å²) in [6.45, 7) is 6.30. The van der Waals surface area contributed by atoms with Crippen LogP contribution in [-0.2, 0) is 17.9 Å². The van der Waals surface area contributed by atoms with Crippen molar-refractivity contribution >= 4 is 17.5 Å². The van der Waals surface area contributed by atoms with Crippen LogP contribution >= 0.6 is 0 Å². The average Bonchev–Trinajstić information content (AvgIpc) is 3.40. The van der Waals surface area contributed by atoms with Gasteiger partial charge in [0.25, 0.3) is 5.91 Å². The molecular formula is C27H34N4O4. The first-order chi connectivity index (χ1) is 17.0. The molecule has 0 atom stereocenters. The van der Waals surface area contributed by atoms with Gasteiger partial charge in [-0.15, -0.1) is 0 Å². The third-order valence-corrected chi connectivity index (χ3v) is 5.39. The zero-order chi connectivity index (χ0) is 25.0. The van der Waals surface area contributed by atoms with Crippen LogP contribution in [0.25, 0.3) is 0 Å². The van der Waals surface area contributed by atoms with E-state index in [4.69, 9.17) is 9.47 Å². The molecule has 0 aliphatic rings. The summed E-state index contributed by atoms with van der Waals surface area (Å²) in [6.07, 6.45) is 7.22. The van der Waals surface area contributed by atoms with Crippen molar-refractivity contribution in [2.24, 2.45) is 0 Å². The van der Waals surface area contributed by atoms with Crippen molar-refractivity contribution in [3.63, 3.8) is 0 Å². The third kappa shape index (κ3) is 7.60. The normalized spacial score (nSPS) is 10.6. The van der Waals surface area contributed by atoms with Crippen molar-refractivity contribution in [3.8, 4) is 11.5 Å². The van der Waals surface area contributed by atoms with E-state index in [1.807, 2.05) is 35.9 Å². The molecule has 2 aromatic carbocycles. The van der Waals surface area contributed by atoms with Crippen molar-refractivity contribution in [3.05, 3.63) is 72.3 Å². The van der Waals surface area contributed by atoms with Gasteiger partial charge in [0.1, 0.15) is 0 Å². The van der Waals surface area contributed by atoms with Crippen LogP contribution in [-0.4, -0.2) is 46.5 Å². The van der Waals surface area contributed by atoms with Crippen LogP contribution in [0, 0.1) is 0 Å². The summed E-state index contributed by atoms with van der Waals surface area (Å²) in [4.78, 5) is 31.5. The van der Waals surface area contributed by atoms with E-state index in [1.165, 1.54) is 0 Å². The van der Waals surface area contributed by atoms with E-state index in [0.717, 1.165) is 18.4 Å². The number of nitrogens with zero attached hydrogens (tertiary/aromatic N) is 3. The number of nitrogens with one attached hydrogen (secondary N) is 1. The molecule has 0 fully saturated rings. The molecule has 186 valence electrons. The highest BCUT2D eigenvalue weighted by atomic mass is 16.5. The molecule has 1 aromatic heterocycles. The SMILES string of the molecule is CCCOc1ccc(CN(CCC)C(=O)c2cccc(NC(=O)CCn3ccnc3)c2)cc1OC. The minimum atomic E-state index is -0.119. The predicted octanol–water partition coefficient (Wildman–Crippen LogP) is 4.76. The maximum absolute atomic E-state index is 13.4. The minimum Gasteiger partial charge on any atom is -0.493 e. The van der Waals surface area contributed by atoms with Crippen LogP contribution in [0.2, 0.25) is 0 Å². The summed E-state index contributed by atoms with van der Waals surface area (Å²) in [7, 11) is 1.61. The average molecular weight is 479 g/mol. The van der Waals surface area contributed by atoms with Gasteiger partial charge in [0.2, 0.25) is 5.91 Å². The molecule has 35 heavy (non-hydrogen) atoms. The third-order valence-electron chi connectivity index (χ3n) is 5.39. The first-order valence-corrected chi connectivity index (χ1v) is 12.0. The Hall–Kier alpha value is -3.81. The topological polar surface area (TPSA) is 85.7 Å². The van der Waals surface area contributed by atoms with Crippen molar-refractivity contribution in [1.29, 1.82) is 0 Å². The van der Waals surface area contributed by atoms with Gasteiger partial charge in [0, 0.05) is 49.7 Å². The lowest BCUT2D eigenvalue weighted by molar-refractivity contribution is -0.116. The van der Waals surface area contributed by atoms with E-state index in [-0.39, 0.29) is 11.8 Å². The van der Waals surface area contributed by atoms with E-state index >= 15 is 0 Å². The molecule has 3 aromatic rings. The van der Waals surface area contributed by atoms with Crippen LogP contribution < -0.4 is 14.8 Å². The summed E-state index contributed by atoms with van der Waals surface area (Å²) in [5, 5.41) is 2.88. The number of ether oxygens (including phenoxy) is 2. The van der Waals surface area contributed by atoms with E-state index in [9.17, 15) is 9.59 Å². The van der Waals surface area contributed by atoms with E-state index < -0.39 is 0 Å². The molecule has 2 amide bonds. The molecule has 3 rings (SSSR count). The van der Waals surface area contributed by atoms with Gasteiger partial charge in [-0.1, -0.05) is 26.0 Å². The monoisotopic (exact) mass is 478 g/mol. The molecule has 0 bridgehead atoms. The highest BCUT2D eigenvalue weighted by molar-refractivity contribution is 5.97. The number of hydrogen-bond acceptors (Lipinski definition) is 5. The first kappa shape index (κ1) is 25.8. The number of amides is 2. The number of anilines is 1. The largest absolute Gasteiger partial charge is 0.493 e. The Balaban J connectivity index is 1.68. The molecule has 0 aliphatic carbocycles. The predicted molar refractivity (Wildman–Crippen MR) is 136 cm³/mol. The van der Waals surface area contributed by atoms with Crippen LogP contribution in [0.5, 0.6) is 11.5 Å². The Morgan fingerprint density at radius 1 is 1.09 bits per heavy atom. The fourth-order valence-electron chi connectivity index (χ4n) is 3.67. The number of carbonyl (C=O) groups is 2. The Kier molecular flexibility index (Phi) is 9.71. The maximum atomic E-state index is 13.4. The molecule has 0 spiro atoms. The Labute approximate surface area is 206 Å². The second-order valence-electron chi connectivity index (χ2n) is 8.24. The molecule has 0 aliphatic heterocycles. The van der Waals surface area contributed by atoms with Crippen LogP contribution in [0.15, 0.2) is 61.2 Å². The van der Waals surface area contributed by atoms with Gasteiger partial charge in [0.15, 0.2) is 11.5 Å². The van der Waals surface area contributed by atoms with E-state index in [0.29, 0.717) is 55.4 Å². The maximum Gasteiger partial charge on any atom is 0.254 e. The van der Waals surface area contributed by atoms with Gasteiger partial charge >= 0.3 is 0 Å². The molecular weight excluding hydrogens is 444 g/mol. The summed E-state index contributed by atoms with van der Waals surface area (Å²) in [5.74, 6) is 1.14. The van der Waals surface area contributed by atoms with Crippen LogP contribution in [0.3, 0.4) is 0 Å². The summed E-state index contributed by atoms with van der Waals surface area (Å²) < 4.78 is 13.1. The fourth-order valence-corrected chi connectivity index (χ4v) is 3.67. The molecule has 0 saturated carbocycles. The number of methoxy groups -OCH3 is 1. The van der Waals surface area contributed by atoms with Gasteiger partial charge in [-0.05, 0) is 48.7 Å². The number of benzene rings is 2. The Bertz CT molecular complexity index is 1100. The number of carbonyl (C=O) groups excluding carboxylic acids is 2. The number of aromatic nitrogens is 2. The molecule has 0 radical (unpaired) electrons. The Morgan fingerprint density at radius 3 is 2.66 bits per heavy atom. The van der Waals surface area contributed by atoms with Crippen molar-refractivity contribution in [2.75, 3.05) is 25.6 Å². The van der Waals surface area contributed by atoms with Crippen molar-refractivity contribution < 1.29 is 19.1 Å². The molecule has 0 saturated heterocycles. The van der Waals surface area contributed by atoms with Gasteiger partial charge in [0.05, 0.1) is 20.0 Å². The summed E-state index contributed by atoms with van der Waals surface area (Å²) >= 11 is 0. The zero-order valence-electron chi connectivity index (χ0n) is 20.7. The number of imidazole rings is 1. The first-order valence-electron chi connectivity index (χ1n) is 12.0. The van der Waals surface area contributed by atoms with Crippen molar-refractivity contribution in [1.82, 2.24) is 14.5 Å². The summed E-state index contributed by atoms with van der Waals surface area (Å²) in [6, 6.07) is 12.8. The van der Waals surface area contributed by atoms with Crippen LogP contribution in [0.1, 0.15) is 49.0 Å². The smallest absolute Gasteiger partial charge is 0.254 e. The van der Waals surface area contributed by atoms with Gasteiger partial charge in [-0.2, -0.15) is 0 Å². The second kappa shape index (κ2) is 13.2. The highest BCUT2D eigenvalue weighted by Crippen LogP contribution is 2.29. The van der Waals surface area contributed by atoms with E-state index in [2.05, 4.69) is 17.2 Å². The lowest BCUT2D eigenvalue weighted by Gasteiger charge is -2.23. The number of aryl methyl sites for hydroxylation is 1. The number of rotatable bonds is 13. The fraction of sp³-hybridized carbons (Fsp3) is 0.370. The van der Waals surface area contributed by atoms with Gasteiger partial charge < -0.3 is 24.3 Å². The van der Waals surface area contributed by atoms with Crippen molar-refractivity contribution in [2.45, 2.75) is 46.2 Å². The molecule has 1 heterocycles. The molecule has 8 heteroatoms. The standard InChI is InChI=1S/C27H34N4O4/c1-4-13-31(19-21-9-10-24(35-16-5-2)25(17-21)34-3)27(33)22-7-6-8-23(18-22)29-26(32)11-14-30-15-12-28-20-30/h6-10,12,15,17-18,20H,4-5,11,13-14,16,19H2,1-3H3,(H,29,32). The molecule has 8 nitrogen and oxygen atoms in total. The Morgan fingerprint density at radius 2 is 1.94 bits per heavy atom. The summed E-state index contributed by atoms with van der Waals surface area (Å²) in [5.41, 5.74) is 2.08. The van der Waals surface area contributed by atoms with Gasteiger partial charge in [-0.3, -0.25) is 9.59 Å². The molecule has 1 N–H and O–H groups in total.